The molecule has 0 spiro atoms. The van der Waals surface area contributed by atoms with Gasteiger partial charge in [-0.15, -0.1) is 0 Å². The highest BCUT2D eigenvalue weighted by Crippen LogP contribution is 2.26. The lowest BCUT2D eigenvalue weighted by Gasteiger charge is -2.38. The Labute approximate surface area is 173 Å². The zero-order valence-electron chi connectivity index (χ0n) is 17.0. The molecule has 3 N–H and O–H groups in total. The molecular weight excluding hydrogens is 394 g/mol. The minimum atomic E-state index is -1.18. The van der Waals surface area contributed by atoms with Crippen LogP contribution in [-0.2, 0) is 19.1 Å². The van der Waals surface area contributed by atoms with Crippen molar-refractivity contribution in [1.82, 2.24) is 16.2 Å². The van der Waals surface area contributed by atoms with Crippen LogP contribution in [-0.4, -0.2) is 55.3 Å². The van der Waals surface area contributed by atoms with Gasteiger partial charge in [-0.2, -0.15) is 0 Å². The van der Waals surface area contributed by atoms with Crippen molar-refractivity contribution in [2.75, 3.05) is 13.2 Å². The second-order valence-corrected chi connectivity index (χ2v) is 7.41. The maximum atomic E-state index is 13.1. The zero-order chi connectivity index (χ0) is 22.3. The van der Waals surface area contributed by atoms with Crippen molar-refractivity contribution in [3.8, 4) is 0 Å². The molecule has 30 heavy (non-hydrogen) atoms. The first-order valence-electron chi connectivity index (χ1n) is 9.42. The smallest absolute Gasteiger partial charge is 0.407 e. The summed E-state index contributed by atoms with van der Waals surface area (Å²) in [5.41, 5.74) is 4.44. The molecule has 1 aliphatic rings. The Balaban J connectivity index is 2.19. The molecule has 0 saturated carbocycles. The molecule has 1 fully saturated rings. The third-order valence-corrected chi connectivity index (χ3v) is 4.62. The van der Waals surface area contributed by atoms with Gasteiger partial charge in [0.25, 0.3) is 5.91 Å². The van der Waals surface area contributed by atoms with E-state index in [1.54, 1.807) is 32.9 Å². The van der Waals surface area contributed by atoms with Crippen LogP contribution in [0.2, 0.25) is 0 Å². The number of rotatable bonds is 9. The molecule has 0 aromatic heterocycles. The topological polar surface area (TPSA) is 140 Å². The number of ketones is 1. The molecule has 1 saturated heterocycles. The van der Waals surface area contributed by atoms with Crippen molar-refractivity contribution in [1.29, 1.82) is 0 Å². The predicted molar refractivity (Wildman–Crippen MR) is 105 cm³/mol. The minimum Gasteiger partial charge on any atom is -0.466 e. The number of carbonyl (C=O) groups is 5. The molecule has 2 atom stereocenters. The van der Waals surface area contributed by atoms with Gasteiger partial charge in [-0.1, -0.05) is 32.0 Å². The first-order chi connectivity index (χ1) is 14.2. The molecule has 2 amide bonds. The van der Waals surface area contributed by atoms with Crippen LogP contribution >= 0.6 is 0 Å². The molecule has 1 aliphatic heterocycles. The van der Waals surface area contributed by atoms with E-state index >= 15 is 0 Å². The molecular formula is C20H25N3O7. The number of benzene rings is 1. The number of hydrogen-bond donors (Lipinski definition) is 3. The van der Waals surface area contributed by atoms with Crippen LogP contribution in [0.25, 0.3) is 0 Å². The van der Waals surface area contributed by atoms with E-state index in [2.05, 4.69) is 16.2 Å². The van der Waals surface area contributed by atoms with Crippen molar-refractivity contribution in [2.24, 2.45) is 5.41 Å². The molecule has 10 nitrogen and oxygen atoms in total. The van der Waals surface area contributed by atoms with Gasteiger partial charge in [-0.3, -0.25) is 24.6 Å². The number of hydrazine groups is 1. The largest absolute Gasteiger partial charge is 0.466 e. The number of carbonyl (C=O) groups excluding carboxylic acids is 5. The molecule has 162 valence electrons. The number of alkyl carbamates (subject to hydrolysis) is 1. The molecule has 1 heterocycles. The van der Waals surface area contributed by atoms with Gasteiger partial charge in [-0.25, -0.2) is 10.2 Å². The SMILES string of the molecule is CCOC(=O)C[C@@H](NNC(=O)c1ccccc1C=O)C(=O)[C@H]1NC(=O)OCC1(C)C. The molecule has 0 aliphatic carbocycles. The Kier molecular flexibility index (Phi) is 7.65. The van der Waals surface area contributed by atoms with Gasteiger partial charge in [0.2, 0.25) is 0 Å². The van der Waals surface area contributed by atoms with Gasteiger partial charge in [-0.05, 0) is 13.0 Å². The predicted octanol–water partition coefficient (Wildman–Crippen LogP) is 0.759. The van der Waals surface area contributed by atoms with E-state index in [9.17, 15) is 24.0 Å². The van der Waals surface area contributed by atoms with Crippen LogP contribution in [0.1, 0.15) is 47.9 Å². The summed E-state index contributed by atoms with van der Waals surface area (Å²) >= 11 is 0. The summed E-state index contributed by atoms with van der Waals surface area (Å²) in [6, 6.07) is 3.98. The van der Waals surface area contributed by atoms with E-state index in [0.29, 0.717) is 6.29 Å². The highest BCUT2D eigenvalue weighted by molar-refractivity contribution is 6.01. The van der Waals surface area contributed by atoms with Crippen LogP contribution < -0.4 is 16.2 Å². The van der Waals surface area contributed by atoms with Gasteiger partial charge in [0.05, 0.1) is 24.6 Å². The fourth-order valence-electron chi connectivity index (χ4n) is 2.98. The van der Waals surface area contributed by atoms with Crippen LogP contribution in [0.4, 0.5) is 4.79 Å². The quantitative estimate of drug-likeness (QED) is 0.303. The van der Waals surface area contributed by atoms with Crippen molar-refractivity contribution in [2.45, 2.75) is 39.3 Å². The Hall–Kier alpha value is -3.27. The Morgan fingerprint density at radius 1 is 1.33 bits per heavy atom. The number of esters is 1. The van der Waals surface area contributed by atoms with Crippen LogP contribution in [0.5, 0.6) is 0 Å². The Morgan fingerprint density at radius 3 is 2.70 bits per heavy atom. The number of nitrogens with one attached hydrogen (secondary N) is 3. The summed E-state index contributed by atoms with van der Waals surface area (Å²) < 4.78 is 9.85. The summed E-state index contributed by atoms with van der Waals surface area (Å²) in [6.45, 7) is 5.23. The highest BCUT2D eigenvalue weighted by atomic mass is 16.6. The standard InChI is InChI=1S/C20H25N3O7/c1-4-29-15(25)9-14(16(26)17-20(2,3)11-30-19(28)21-17)22-23-18(27)13-8-6-5-7-12(13)10-24/h5-8,10,14,17,22H,4,9,11H2,1-3H3,(H,21,28)(H,23,27)/t14-,17-/m1/s1. The molecule has 0 unspecified atom stereocenters. The minimum absolute atomic E-state index is 0.0143. The van der Waals surface area contributed by atoms with E-state index in [1.807, 2.05) is 0 Å². The number of hydrogen-bond acceptors (Lipinski definition) is 8. The molecule has 0 bridgehead atoms. The molecule has 1 aromatic carbocycles. The number of ether oxygens (including phenoxy) is 2. The lowest BCUT2D eigenvalue weighted by molar-refractivity contribution is -0.146. The van der Waals surface area contributed by atoms with E-state index in [-0.39, 0.29) is 30.8 Å². The zero-order valence-corrected chi connectivity index (χ0v) is 17.0. The summed E-state index contributed by atoms with van der Waals surface area (Å²) in [7, 11) is 0. The van der Waals surface area contributed by atoms with Crippen molar-refractivity contribution in [3.63, 3.8) is 0 Å². The average Bonchev–Trinajstić information content (AvgIpc) is 2.72. The second kappa shape index (κ2) is 9.97. The number of aldehydes is 1. The Bertz CT molecular complexity index is 837. The van der Waals surface area contributed by atoms with Crippen LogP contribution in [0.15, 0.2) is 24.3 Å². The van der Waals surface area contributed by atoms with Crippen molar-refractivity contribution < 1.29 is 33.4 Å². The van der Waals surface area contributed by atoms with E-state index in [1.165, 1.54) is 12.1 Å². The lowest BCUT2D eigenvalue weighted by Crippen LogP contribution is -2.62. The van der Waals surface area contributed by atoms with E-state index in [0.717, 1.165) is 0 Å². The lowest BCUT2D eigenvalue weighted by atomic mass is 9.80. The average molecular weight is 419 g/mol. The molecule has 2 rings (SSSR count). The van der Waals surface area contributed by atoms with Gasteiger partial charge in [0, 0.05) is 11.0 Å². The maximum absolute atomic E-state index is 13.1. The van der Waals surface area contributed by atoms with E-state index in [4.69, 9.17) is 9.47 Å². The first kappa shape index (κ1) is 23.0. The van der Waals surface area contributed by atoms with Gasteiger partial charge in [0.1, 0.15) is 12.6 Å². The monoisotopic (exact) mass is 419 g/mol. The fourth-order valence-corrected chi connectivity index (χ4v) is 2.98. The number of cyclic esters (lactones) is 1. The normalized spacial score (nSPS) is 18.4. The van der Waals surface area contributed by atoms with Crippen LogP contribution in [0, 0.1) is 5.41 Å². The number of amides is 2. The second-order valence-electron chi connectivity index (χ2n) is 7.41. The van der Waals surface area contributed by atoms with E-state index < -0.39 is 41.3 Å². The highest BCUT2D eigenvalue weighted by Gasteiger charge is 2.44. The van der Waals surface area contributed by atoms with Gasteiger partial charge in [0.15, 0.2) is 12.1 Å². The summed E-state index contributed by atoms with van der Waals surface area (Å²) in [5, 5.41) is 2.47. The summed E-state index contributed by atoms with van der Waals surface area (Å²) in [6.07, 6.45) is -0.575. The molecule has 10 heteroatoms. The van der Waals surface area contributed by atoms with Crippen molar-refractivity contribution >= 4 is 30.0 Å². The summed E-state index contributed by atoms with van der Waals surface area (Å²) in [5.74, 6) is -1.83. The van der Waals surface area contributed by atoms with Crippen molar-refractivity contribution in [3.05, 3.63) is 35.4 Å². The maximum Gasteiger partial charge on any atom is 0.407 e. The van der Waals surface area contributed by atoms with Gasteiger partial charge >= 0.3 is 12.1 Å². The Morgan fingerprint density at radius 2 is 2.03 bits per heavy atom. The third kappa shape index (κ3) is 5.63. The number of Topliss-reactive ketones (excluding diaryl/α,β-unsaturated/α-hetero) is 1. The third-order valence-electron chi connectivity index (χ3n) is 4.62. The first-order valence-corrected chi connectivity index (χ1v) is 9.42. The molecule has 0 radical (unpaired) electrons. The van der Waals surface area contributed by atoms with Crippen LogP contribution in [0.3, 0.4) is 0 Å². The van der Waals surface area contributed by atoms with Gasteiger partial charge < -0.3 is 14.8 Å². The fraction of sp³-hybridized carbons (Fsp3) is 0.450. The molecule has 1 aromatic rings. The summed E-state index contributed by atoms with van der Waals surface area (Å²) in [4.78, 5) is 60.4.